The minimum Gasteiger partial charge on any atom is -0.200 e. The molecule has 0 atom stereocenters. The lowest BCUT2D eigenvalue weighted by Crippen LogP contribution is -1.47. The van der Waals surface area contributed by atoms with E-state index in [9.17, 15) is 0 Å². The van der Waals surface area contributed by atoms with Gasteiger partial charge in [0.2, 0.25) is 0 Å². The molecule has 0 spiro atoms. The van der Waals surface area contributed by atoms with Crippen LogP contribution in [0.2, 0.25) is 0 Å². The molecule has 0 saturated heterocycles. The van der Waals surface area contributed by atoms with Gasteiger partial charge in [0.15, 0.2) is 0 Å². The van der Waals surface area contributed by atoms with Gasteiger partial charge < -0.3 is 0 Å². The average molecular weight is 149 g/mol. The normalized spacial score (nSPS) is 9.29. The van der Waals surface area contributed by atoms with Gasteiger partial charge in [0.1, 0.15) is 0 Å². The van der Waals surface area contributed by atoms with Crippen molar-refractivity contribution in [3.63, 3.8) is 0 Å². The Kier molecular flexibility index (Phi) is 2.02. The summed E-state index contributed by atoms with van der Waals surface area (Å²) < 4.78 is 3.86. The number of hydrogen-bond acceptors (Lipinski definition) is 4. The van der Waals surface area contributed by atoms with Crippen molar-refractivity contribution in [1.82, 2.24) is 4.37 Å². The Morgan fingerprint density at radius 3 is 3.00 bits per heavy atom. The van der Waals surface area contributed by atoms with E-state index in [0.29, 0.717) is 0 Å². The Balaban J connectivity index is 2.76. The van der Waals surface area contributed by atoms with Crippen LogP contribution < -0.4 is 0 Å². The molecule has 0 amide bonds. The molecule has 0 radical (unpaired) electrons. The number of aromatic nitrogens is 1. The topological polar surface area (TPSA) is 12.9 Å². The van der Waals surface area contributed by atoms with E-state index in [2.05, 4.69) is 16.0 Å². The first kappa shape index (κ1) is 5.47. The molecule has 0 aliphatic carbocycles. The van der Waals surface area contributed by atoms with Gasteiger partial charge >= 0.3 is 0 Å². The molecule has 0 aliphatic heterocycles. The number of hydrogen-bond donors (Lipinski definition) is 1. The first-order chi connectivity index (χ1) is 3.43. The van der Waals surface area contributed by atoms with Crippen LogP contribution in [0.15, 0.2) is 16.5 Å². The number of thiol groups is 1. The van der Waals surface area contributed by atoms with Crippen molar-refractivity contribution in [2.24, 2.45) is 0 Å². The van der Waals surface area contributed by atoms with Crippen LogP contribution in [0.5, 0.6) is 0 Å². The van der Waals surface area contributed by atoms with E-state index < -0.39 is 0 Å². The van der Waals surface area contributed by atoms with E-state index >= 15 is 0 Å². The fourth-order valence-electron chi connectivity index (χ4n) is 0.240. The summed E-state index contributed by atoms with van der Waals surface area (Å²) in [5.41, 5.74) is 0. The van der Waals surface area contributed by atoms with Crippen LogP contribution in [0.4, 0.5) is 0 Å². The van der Waals surface area contributed by atoms with E-state index in [1.54, 1.807) is 6.20 Å². The Morgan fingerprint density at radius 2 is 2.71 bits per heavy atom. The molecule has 7 heavy (non-hydrogen) atoms. The van der Waals surface area contributed by atoms with Crippen molar-refractivity contribution in [3.8, 4) is 0 Å². The van der Waals surface area contributed by atoms with Crippen molar-refractivity contribution in [2.75, 3.05) is 0 Å². The summed E-state index contributed by atoms with van der Waals surface area (Å²) in [6.07, 6.45) is 1.79. The quantitative estimate of drug-likeness (QED) is 0.485. The van der Waals surface area contributed by atoms with Gasteiger partial charge in [-0.05, 0) is 11.5 Å². The zero-order chi connectivity index (χ0) is 5.11. The summed E-state index contributed by atoms with van der Waals surface area (Å²) in [5, 5.41) is 1.96. The van der Waals surface area contributed by atoms with E-state index in [1.807, 2.05) is 5.38 Å². The van der Waals surface area contributed by atoms with Crippen LogP contribution >= 0.6 is 34.0 Å². The third kappa shape index (κ3) is 1.36. The SMILES string of the molecule is SSc1cnsc1. The molecule has 1 aromatic rings. The van der Waals surface area contributed by atoms with E-state index in [-0.39, 0.29) is 0 Å². The van der Waals surface area contributed by atoms with Crippen molar-refractivity contribution in [1.29, 1.82) is 0 Å². The highest BCUT2D eigenvalue weighted by Gasteiger charge is 1.85. The molecule has 0 fully saturated rings. The van der Waals surface area contributed by atoms with Crippen LogP contribution in [0, 0.1) is 0 Å². The summed E-state index contributed by atoms with van der Waals surface area (Å²) in [4.78, 5) is 1.12. The molecule has 38 valence electrons. The number of rotatable bonds is 1. The summed E-state index contributed by atoms with van der Waals surface area (Å²) in [5.74, 6) is 0. The second-order valence-corrected chi connectivity index (χ2v) is 2.81. The van der Waals surface area contributed by atoms with Crippen molar-refractivity contribution >= 4 is 34.0 Å². The van der Waals surface area contributed by atoms with Crippen LogP contribution in [0.1, 0.15) is 0 Å². The summed E-state index contributed by atoms with van der Waals surface area (Å²) in [7, 11) is 1.42. The zero-order valence-corrected chi connectivity index (χ0v) is 5.89. The Bertz CT molecular complexity index is 125. The molecule has 0 aromatic carbocycles. The third-order valence-electron chi connectivity index (χ3n) is 0.515. The molecule has 0 N–H and O–H groups in total. The molecular weight excluding hydrogens is 146 g/mol. The Labute approximate surface area is 55.1 Å². The monoisotopic (exact) mass is 149 g/mol. The van der Waals surface area contributed by atoms with Crippen molar-refractivity contribution in [3.05, 3.63) is 11.6 Å². The van der Waals surface area contributed by atoms with Crippen LogP contribution in [0.3, 0.4) is 0 Å². The maximum atomic E-state index is 3.96. The van der Waals surface area contributed by atoms with E-state index in [0.717, 1.165) is 4.90 Å². The van der Waals surface area contributed by atoms with Gasteiger partial charge in [-0.15, -0.1) is 11.7 Å². The highest BCUT2D eigenvalue weighted by molar-refractivity contribution is 8.68. The lowest BCUT2D eigenvalue weighted by Gasteiger charge is -1.75. The third-order valence-corrected chi connectivity index (χ3v) is 2.32. The second-order valence-electron chi connectivity index (χ2n) is 0.951. The number of nitrogens with zero attached hydrogens (tertiary/aromatic N) is 1. The van der Waals surface area contributed by atoms with Gasteiger partial charge in [-0.25, -0.2) is 0 Å². The minimum atomic E-state index is 1.12. The van der Waals surface area contributed by atoms with E-state index in [1.165, 1.54) is 22.3 Å². The molecular formula is C3H3NS3. The standard InChI is InChI=1S/C3H3NS3/c5-7-3-1-4-6-2-3/h1-2,5H. The van der Waals surface area contributed by atoms with Crippen molar-refractivity contribution in [2.45, 2.75) is 4.90 Å². The van der Waals surface area contributed by atoms with Gasteiger partial charge in [0.25, 0.3) is 0 Å². The molecule has 4 heteroatoms. The van der Waals surface area contributed by atoms with Crippen LogP contribution in [-0.4, -0.2) is 4.37 Å². The molecule has 0 unspecified atom stereocenters. The maximum Gasteiger partial charge on any atom is 0.0551 e. The first-order valence-electron chi connectivity index (χ1n) is 1.64. The second kappa shape index (κ2) is 2.59. The van der Waals surface area contributed by atoms with Crippen LogP contribution in [0.25, 0.3) is 0 Å². The average Bonchev–Trinajstić information content (AvgIpc) is 2.14. The lowest BCUT2D eigenvalue weighted by molar-refractivity contribution is 1.45. The van der Waals surface area contributed by atoms with Gasteiger partial charge in [-0.2, -0.15) is 4.37 Å². The fraction of sp³-hybridized carbons (Fsp3) is 0. The largest absolute Gasteiger partial charge is 0.200 e. The predicted octanol–water partition coefficient (Wildman–Crippen LogP) is 2.08. The Hall–Kier alpha value is 0.330. The zero-order valence-electron chi connectivity index (χ0n) is 3.37. The smallest absolute Gasteiger partial charge is 0.0551 e. The predicted molar refractivity (Wildman–Crippen MR) is 37.0 cm³/mol. The van der Waals surface area contributed by atoms with Crippen LogP contribution in [-0.2, 0) is 0 Å². The maximum absolute atomic E-state index is 3.96. The van der Waals surface area contributed by atoms with Gasteiger partial charge in [-0.3, -0.25) is 0 Å². The molecule has 0 bridgehead atoms. The summed E-state index contributed by atoms with van der Waals surface area (Å²) in [6, 6.07) is 0. The Morgan fingerprint density at radius 1 is 1.86 bits per heavy atom. The summed E-state index contributed by atoms with van der Waals surface area (Å²) >= 11 is 5.40. The fourth-order valence-corrected chi connectivity index (χ4v) is 1.64. The molecule has 1 aromatic heterocycles. The molecule has 0 saturated carbocycles. The highest BCUT2D eigenvalue weighted by Crippen LogP contribution is 2.20. The molecule has 0 aliphatic rings. The van der Waals surface area contributed by atoms with Crippen molar-refractivity contribution < 1.29 is 0 Å². The van der Waals surface area contributed by atoms with Gasteiger partial charge in [0, 0.05) is 10.3 Å². The lowest BCUT2D eigenvalue weighted by atomic mass is 10.8. The van der Waals surface area contributed by atoms with E-state index in [4.69, 9.17) is 0 Å². The molecule has 1 nitrogen and oxygen atoms in total. The van der Waals surface area contributed by atoms with Gasteiger partial charge in [0.05, 0.1) is 6.20 Å². The first-order valence-corrected chi connectivity index (χ1v) is 4.35. The molecule has 1 rings (SSSR count). The minimum absolute atomic E-state index is 1.12. The summed E-state index contributed by atoms with van der Waals surface area (Å²) in [6.45, 7) is 0. The highest BCUT2D eigenvalue weighted by atomic mass is 33.1. The molecule has 1 heterocycles. The van der Waals surface area contributed by atoms with Gasteiger partial charge in [-0.1, -0.05) is 10.8 Å².